The van der Waals surface area contributed by atoms with Crippen molar-refractivity contribution in [2.75, 3.05) is 26.2 Å². The predicted molar refractivity (Wildman–Crippen MR) is 100 cm³/mol. The number of nitrogens with one attached hydrogen (secondary N) is 1. The van der Waals surface area contributed by atoms with E-state index in [2.05, 4.69) is 10.2 Å². The van der Waals surface area contributed by atoms with Crippen molar-refractivity contribution in [1.29, 1.82) is 0 Å². The van der Waals surface area contributed by atoms with E-state index in [0.717, 1.165) is 24.9 Å². The SMILES string of the molecule is CC(C)S(=O)(=O)c1ccc(CC(=O)NCCCCN2CCCC2)cc1. The van der Waals surface area contributed by atoms with Gasteiger partial charge in [-0.3, -0.25) is 4.79 Å². The molecule has 1 aliphatic rings. The molecule has 1 saturated heterocycles. The quantitative estimate of drug-likeness (QED) is 0.682. The Morgan fingerprint density at radius 2 is 1.76 bits per heavy atom. The van der Waals surface area contributed by atoms with E-state index in [1.54, 1.807) is 38.1 Å². The van der Waals surface area contributed by atoms with E-state index < -0.39 is 15.1 Å². The molecule has 1 N–H and O–H groups in total. The fourth-order valence-corrected chi connectivity index (χ4v) is 4.07. The van der Waals surface area contributed by atoms with E-state index in [1.165, 1.54) is 25.9 Å². The molecule has 1 fully saturated rings. The van der Waals surface area contributed by atoms with E-state index in [9.17, 15) is 13.2 Å². The highest BCUT2D eigenvalue weighted by molar-refractivity contribution is 7.92. The summed E-state index contributed by atoms with van der Waals surface area (Å²) in [6.45, 7) is 7.60. The zero-order valence-corrected chi connectivity index (χ0v) is 16.1. The van der Waals surface area contributed by atoms with Crippen LogP contribution in [0.1, 0.15) is 45.1 Å². The number of rotatable bonds is 9. The molecule has 1 amide bonds. The third-order valence-corrected chi connectivity index (χ3v) is 6.83. The lowest BCUT2D eigenvalue weighted by Crippen LogP contribution is -2.27. The number of nitrogens with zero attached hydrogens (tertiary/aromatic N) is 1. The molecule has 0 radical (unpaired) electrons. The molecule has 0 saturated carbocycles. The van der Waals surface area contributed by atoms with Crippen molar-refractivity contribution in [3.63, 3.8) is 0 Å². The summed E-state index contributed by atoms with van der Waals surface area (Å²) < 4.78 is 24.2. The summed E-state index contributed by atoms with van der Waals surface area (Å²) in [6, 6.07) is 6.63. The largest absolute Gasteiger partial charge is 0.356 e. The Hall–Kier alpha value is -1.40. The van der Waals surface area contributed by atoms with Crippen LogP contribution in [0.5, 0.6) is 0 Å². The first kappa shape index (κ1) is 19.9. The Labute approximate surface area is 151 Å². The molecule has 0 atom stereocenters. The molecule has 5 nitrogen and oxygen atoms in total. The van der Waals surface area contributed by atoms with Gasteiger partial charge < -0.3 is 10.2 Å². The van der Waals surface area contributed by atoms with Gasteiger partial charge in [0.05, 0.1) is 16.6 Å². The first-order valence-electron chi connectivity index (χ1n) is 9.21. The summed E-state index contributed by atoms with van der Waals surface area (Å²) in [6.07, 6.45) is 5.02. The zero-order valence-electron chi connectivity index (χ0n) is 15.3. The molecular formula is C19H30N2O3S. The molecule has 0 aliphatic carbocycles. The van der Waals surface area contributed by atoms with Crippen molar-refractivity contribution in [2.24, 2.45) is 0 Å². The smallest absolute Gasteiger partial charge is 0.224 e. The number of unbranched alkanes of at least 4 members (excludes halogenated alkanes) is 1. The lowest BCUT2D eigenvalue weighted by Gasteiger charge is -2.14. The fraction of sp³-hybridized carbons (Fsp3) is 0.632. The Morgan fingerprint density at radius 3 is 2.36 bits per heavy atom. The van der Waals surface area contributed by atoms with Crippen LogP contribution in [0.25, 0.3) is 0 Å². The molecule has 1 aliphatic heterocycles. The average molecular weight is 367 g/mol. The standard InChI is InChI=1S/C19H30N2O3S/c1-16(2)25(23,24)18-9-7-17(8-10-18)15-19(22)20-11-3-4-12-21-13-5-6-14-21/h7-10,16H,3-6,11-15H2,1-2H3,(H,20,22). The second-order valence-electron chi connectivity index (χ2n) is 7.02. The van der Waals surface area contributed by atoms with Crippen LogP contribution >= 0.6 is 0 Å². The van der Waals surface area contributed by atoms with Crippen LogP contribution in [0, 0.1) is 0 Å². The lowest BCUT2D eigenvalue weighted by atomic mass is 10.1. The van der Waals surface area contributed by atoms with Gasteiger partial charge in [0.1, 0.15) is 0 Å². The maximum Gasteiger partial charge on any atom is 0.224 e. The Morgan fingerprint density at radius 1 is 1.12 bits per heavy atom. The van der Waals surface area contributed by atoms with Gasteiger partial charge in [-0.2, -0.15) is 0 Å². The van der Waals surface area contributed by atoms with Gasteiger partial charge in [0, 0.05) is 6.54 Å². The lowest BCUT2D eigenvalue weighted by molar-refractivity contribution is -0.120. The minimum absolute atomic E-state index is 0.0133. The van der Waals surface area contributed by atoms with Crippen molar-refractivity contribution in [3.05, 3.63) is 29.8 Å². The van der Waals surface area contributed by atoms with Gasteiger partial charge >= 0.3 is 0 Å². The number of carbonyl (C=O) groups excluding carboxylic acids is 1. The maximum absolute atomic E-state index is 12.1. The van der Waals surface area contributed by atoms with E-state index >= 15 is 0 Å². The second kappa shape index (κ2) is 9.34. The summed E-state index contributed by atoms with van der Waals surface area (Å²) in [4.78, 5) is 14.8. The highest BCUT2D eigenvalue weighted by Gasteiger charge is 2.18. The Bertz CT molecular complexity index is 648. The zero-order chi connectivity index (χ0) is 18.3. The van der Waals surface area contributed by atoms with E-state index in [0.29, 0.717) is 11.4 Å². The van der Waals surface area contributed by atoms with Gasteiger partial charge in [0.25, 0.3) is 0 Å². The van der Waals surface area contributed by atoms with Gasteiger partial charge in [0.15, 0.2) is 9.84 Å². The predicted octanol–water partition coefficient (Wildman–Crippen LogP) is 2.40. The van der Waals surface area contributed by atoms with Crippen molar-refractivity contribution < 1.29 is 13.2 Å². The maximum atomic E-state index is 12.1. The topological polar surface area (TPSA) is 66.5 Å². The third-order valence-electron chi connectivity index (χ3n) is 4.66. The van der Waals surface area contributed by atoms with E-state index in [1.807, 2.05) is 0 Å². The van der Waals surface area contributed by atoms with Crippen molar-refractivity contribution in [2.45, 2.75) is 56.1 Å². The van der Waals surface area contributed by atoms with Gasteiger partial charge in [-0.1, -0.05) is 12.1 Å². The summed E-state index contributed by atoms with van der Waals surface area (Å²) in [5, 5.41) is 2.50. The molecule has 0 aromatic heterocycles. The van der Waals surface area contributed by atoms with Gasteiger partial charge in [-0.15, -0.1) is 0 Å². The molecule has 1 heterocycles. The summed E-state index contributed by atoms with van der Waals surface area (Å²) in [7, 11) is -3.25. The number of carbonyl (C=O) groups is 1. The minimum atomic E-state index is -3.25. The van der Waals surface area contributed by atoms with E-state index in [4.69, 9.17) is 0 Å². The van der Waals surface area contributed by atoms with Crippen LogP contribution in [0.4, 0.5) is 0 Å². The van der Waals surface area contributed by atoms with Crippen LogP contribution in [-0.2, 0) is 21.1 Å². The number of sulfone groups is 1. The first-order valence-corrected chi connectivity index (χ1v) is 10.8. The third kappa shape index (κ3) is 6.12. The van der Waals surface area contributed by atoms with E-state index in [-0.39, 0.29) is 12.3 Å². The van der Waals surface area contributed by atoms with Crippen molar-refractivity contribution in [3.8, 4) is 0 Å². The monoisotopic (exact) mass is 366 g/mol. The van der Waals surface area contributed by atoms with Gasteiger partial charge in [-0.05, 0) is 76.9 Å². The summed E-state index contributed by atoms with van der Waals surface area (Å²) in [5.41, 5.74) is 0.831. The molecular weight excluding hydrogens is 336 g/mol. The molecule has 1 aromatic carbocycles. The van der Waals surface area contributed by atoms with Crippen LogP contribution in [0.15, 0.2) is 29.2 Å². The van der Waals surface area contributed by atoms with Crippen LogP contribution in [-0.4, -0.2) is 50.7 Å². The molecule has 0 bridgehead atoms. The molecule has 2 rings (SSSR count). The van der Waals surface area contributed by atoms with Crippen LogP contribution in [0.3, 0.4) is 0 Å². The number of hydrogen-bond donors (Lipinski definition) is 1. The van der Waals surface area contributed by atoms with Crippen molar-refractivity contribution in [1.82, 2.24) is 10.2 Å². The summed E-state index contributed by atoms with van der Waals surface area (Å²) in [5.74, 6) is -0.0133. The normalized spacial score (nSPS) is 15.6. The molecule has 1 aromatic rings. The highest BCUT2D eigenvalue weighted by Crippen LogP contribution is 2.16. The second-order valence-corrected chi connectivity index (χ2v) is 9.52. The fourth-order valence-electron chi connectivity index (χ4n) is 3.01. The first-order chi connectivity index (χ1) is 11.9. The molecule has 0 unspecified atom stereocenters. The Balaban J connectivity index is 1.69. The molecule has 0 spiro atoms. The number of amides is 1. The molecule has 6 heteroatoms. The molecule has 25 heavy (non-hydrogen) atoms. The van der Waals surface area contributed by atoms with Gasteiger partial charge in [0.2, 0.25) is 5.91 Å². The number of hydrogen-bond acceptors (Lipinski definition) is 4. The number of benzene rings is 1. The number of likely N-dealkylation sites (tertiary alicyclic amines) is 1. The molecule has 140 valence electrons. The van der Waals surface area contributed by atoms with Crippen LogP contribution < -0.4 is 5.32 Å². The van der Waals surface area contributed by atoms with Gasteiger partial charge in [-0.25, -0.2) is 8.42 Å². The minimum Gasteiger partial charge on any atom is -0.356 e. The Kier molecular flexibility index (Phi) is 7.44. The highest BCUT2D eigenvalue weighted by atomic mass is 32.2. The average Bonchev–Trinajstić information content (AvgIpc) is 3.08. The summed E-state index contributed by atoms with van der Waals surface area (Å²) >= 11 is 0. The van der Waals surface area contributed by atoms with Crippen molar-refractivity contribution >= 4 is 15.7 Å². The van der Waals surface area contributed by atoms with Crippen LogP contribution in [0.2, 0.25) is 0 Å².